The Labute approximate surface area is 353 Å². The van der Waals surface area contributed by atoms with Gasteiger partial charge in [-0.3, -0.25) is 14.2 Å². The van der Waals surface area contributed by atoms with E-state index in [2.05, 4.69) is 13.8 Å². The summed E-state index contributed by atoms with van der Waals surface area (Å²) < 4.78 is 34.0. The molecular weight excluding hydrogens is 737 g/mol. The molecule has 0 aromatic rings. The third-order valence-electron chi connectivity index (χ3n) is 10.9. The lowest BCUT2D eigenvalue weighted by molar-refractivity contribution is -0.870. The number of rotatable bonds is 45. The number of likely N-dealkylation sites (N-methyl/N-ethyl adjacent to an activating group) is 1. The molecule has 2 atom stereocenters. The molecule has 0 aliphatic carbocycles. The van der Waals surface area contributed by atoms with Crippen molar-refractivity contribution in [3.8, 4) is 0 Å². The van der Waals surface area contributed by atoms with Crippen LogP contribution >= 0.6 is 7.82 Å². The molecule has 1 unspecified atom stereocenters. The van der Waals surface area contributed by atoms with Crippen molar-refractivity contribution in [3.63, 3.8) is 0 Å². The van der Waals surface area contributed by atoms with Crippen molar-refractivity contribution in [3.05, 3.63) is 0 Å². The second-order valence-corrected chi connectivity index (χ2v) is 19.3. The first-order chi connectivity index (χ1) is 27.5. The van der Waals surface area contributed by atoms with Crippen LogP contribution in [0.15, 0.2) is 0 Å². The Bertz CT molecular complexity index is 943. The maximum atomic E-state index is 12.7. The highest BCUT2D eigenvalue weighted by molar-refractivity contribution is 7.45. The highest BCUT2D eigenvalue weighted by atomic mass is 31.2. The Hall–Kier alpha value is -0.990. The summed E-state index contributed by atoms with van der Waals surface area (Å²) in [7, 11) is 1.18. The molecule has 0 heterocycles. The number of ether oxygens (including phenoxy) is 2. The van der Waals surface area contributed by atoms with Gasteiger partial charge in [-0.2, -0.15) is 0 Å². The summed E-state index contributed by atoms with van der Waals surface area (Å²) in [5, 5.41) is 0. The molecule has 0 aliphatic rings. The molecular formula is C47H94NO8P. The normalized spacial score (nSPS) is 13.4. The molecule has 10 heteroatoms. The maximum Gasteiger partial charge on any atom is 0.306 e. The van der Waals surface area contributed by atoms with Crippen LogP contribution in [0, 0.1) is 0 Å². The predicted molar refractivity (Wildman–Crippen MR) is 236 cm³/mol. The summed E-state index contributed by atoms with van der Waals surface area (Å²) in [5.74, 6) is -0.816. The van der Waals surface area contributed by atoms with Crippen molar-refractivity contribution in [1.82, 2.24) is 0 Å². The standard InChI is InChI=1S/C47H94NO8P/c1-6-8-10-12-14-16-18-20-22-23-24-25-26-28-29-31-33-35-37-39-46(49)53-43-45(44-55-57(51,52)54-42-41-48(3,4)5)56-47(50)40-38-36-34-32-30-27-21-19-17-15-13-11-9-7-2/h45H,6-44H2,1-5H3/t45-/m1/s1. The van der Waals surface area contributed by atoms with Crippen molar-refractivity contribution >= 4 is 19.8 Å². The SMILES string of the molecule is CCCCCCCCCCCCCCCCCCCCCC(=O)OC[C@H](COP(=O)([O-])OCC[N+](C)(C)C)OC(=O)CCCCCCCCCCCCCCCC. The number of phosphoric acid groups is 1. The molecule has 57 heavy (non-hydrogen) atoms. The van der Waals surface area contributed by atoms with E-state index < -0.39 is 26.5 Å². The van der Waals surface area contributed by atoms with E-state index in [1.54, 1.807) is 0 Å². The lowest BCUT2D eigenvalue weighted by atomic mass is 10.0. The van der Waals surface area contributed by atoms with Gasteiger partial charge in [0.2, 0.25) is 0 Å². The monoisotopic (exact) mass is 832 g/mol. The number of esters is 2. The summed E-state index contributed by atoms with van der Waals surface area (Å²) in [5.41, 5.74) is 0. The molecule has 0 rings (SSSR count). The number of carbonyl (C=O) groups excluding carboxylic acids is 2. The minimum atomic E-state index is -4.62. The second-order valence-electron chi connectivity index (χ2n) is 17.8. The van der Waals surface area contributed by atoms with Crippen molar-refractivity contribution in [2.75, 3.05) is 47.5 Å². The quantitative estimate of drug-likeness (QED) is 0.0258. The number of hydrogen-bond acceptors (Lipinski definition) is 8. The van der Waals surface area contributed by atoms with Crippen LogP contribution in [0.2, 0.25) is 0 Å². The largest absolute Gasteiger partial charge is 0.756 e. The fourth-order valence-corrected chi connectivity index (χ4v) is 7.80. The van der Waals surface area contributed by atoms with Crippen LogP contribution in [0.5, 0.6) is 0 Å². The van der Waals surface area contributed by atoms with Gasteiger partial charge in [-0.25, -0.2) is 0 Å². The minimum absolute atomic E-state index is 0.0255. The molecule has 0 aromatic carbocycles. The Morgan fingerprint density at radius 2 is 0.789 bits per heavy atom. The summed E-state index contributed by atoms with van der Waals surface area (Å²) in [6, 6.07) is 0. The molecule has 0 saturated carbocycles. The van der Waals surface area contributed by atoms with Gasteiger partial charge in [0.25, 0.3) is 7.82 Å². The van der Waals surface area contributed by atoms with Gasteiger partial charge in [0.15, 0.2) is 6.10 Å². The predicted octanol–water partition coefficient (Wildman–Crippen LogP) is 13.3. The van der Waals surface area contributed by atoms with Gasteiger partial charge in [-0.15, -0.1) is 0 Å². The van der Waals surface area contributed by atoms with Gasteiger partial charge in [0, 0.05) is 12.8 Å². The molecule has 0 aromatic heterocycles. The van der Waals surface area contributed by atoms with Crippen LogP contribution < -0.4 is 4.89 Å². The number of quaternary nitrogens is 1. The summed E-state index contributed by atoms with van der Waals surface area (Å²) >= 11 is 0. The average Bonchev–Trinajstić information content (AvgIpc) is 3.16. The number of hydrogen-bond donors (Lipinski definition) is 0. The van der Waals surface area contributed by atoms with E-state index >= 15 is 0 Å². The maximum absolute atomic E-state index is 12.7. The third-order valence-corrected chi connectivity index (χ3v) is 11.8. The van der Waals surface area contributed by atoms with E-state index in [4.69, 9.17) is 18.5 Å². The first-order valence-corrected chi connectivity index (χ1v) is 25.7. The summed E-state index contributed by atoms with van der Waals surface area (Å²) in [6.07, 6.45) is 41.2. The third kappa shape index (κ3) is 44.4. The fourth-order valence-electron chi connectivity index (χ4n) is 7.07. The highest BCUT2D eigenvalue weighted by Gasteiger charge is 2.21. The van der Waals surface area contributed by atoms with Crippen LogP contribution in [0.3, 0.4) is 0 Å². The summed E-state index contributed by atoms with van der Waals surface area (Å²) in [6.45, 7) is 4.28. The molecule has 340 valence electrons. The zero-order chi connectivity index (χ0) is 42.1. The van der Waals surface area contributed by atoms with E-state index in [9.17, 15) is 19.0 Å². The Morgan fingerprint density at radius 3 is 1.12 bits per heavy atom. The minimum Gasteiger partial charge on any atom is -0.756 e. The topological polar surface area (TPSA) is 111 Å². The molecule has 9 nitrogen and oxygen atoms in total. The molecule has 0 spiro atoms. The van der Waals surface area contributed by atoms with Gasteiger partial charge >= 0.3 is 11.9 Å². The number of unbranched alkanes of at least 4 members (excludes halogenated alkanes) is 31. The van der Waals surface area contributed by atoms with Crippen LogP contribution in [-0.2, 0) is 32.7 Å². The average molecular weight is 832 g/mol. The van der Waals surface area contributed by atoms with Gasteiger partial charge in [-0.1, -0.05) is 213 Å². The first kappa shape index (κ1) is 56.0. The second kappa shape index (κ2) is 40.4. The summed E-state index contributed by atoms with van der Waals surface area (Å²) in [4.78, 5) is 37.6. The molecule has 0 aliphatic heterocycles. The van der Waals surface area contributed by atoms with Crippen LogP contribution in [0.4, 0.5) is 0 Å². The zero-order valence-electron chi connectivity index (χ0n) is 38.3. The van der Waals surface area contributed by atoms with Crippen LogP contribution in [0.1, 0.15) is 239 Å². The molecule has 0 saturated heterocycles. The Morgan fingerprint density at radius 1 is 0.474 bits per heavy atom. The molecule has 0 amide bonds. The highest BCUT2D eigenvalue weighted by Crippen LogP contribution is 2.38. The fraction of sp³-hybridized carbons (Fsp3) is 0.957. The van der Waals surface area contributed by atoms with Gasteiger partial charge in [0.1, 0.15) is 19.8 Å². The number of phosphoric ester groups is 1. The van der Waals surface area contributed by atoms with E-state index in [-0.39, 0.29) is 32.0 Å². The zero-order valence-corrected chi connectivity index (χ0v) is 39.2. The number of carbonyl (C=O) groups is 2. The molecule has 0 fully saturated rings. The van der Waals surface area contributed by atoms with Crippen molar-refractivity contribution in [2.45, 2.75) is 245 Å². The lowest BCUT2D eigenvalue weighted by Gasteiger charge is -2.28. The van der Waals surface area contributed by atoms with E-state index in [0.29, 0.717) is 17.4 Å². The van der Waals surface area contributed by atoms with Gasteiger partial charge < -0.3 is 27.9 Å². The van der Waals surface area contributed by atoms with Crippen LogP contribution in [0.25, 0.3) is 0 Å². The van der Waals surface area contributed by atoms with Gasteiger partial charge in [-0.05, 0) is 12.8 Å². The number of nitrogens with zero attached hydrogens (tertiary/aromatic N) is 1. The molecule has 0 bridgehead atoms. The van der Waals surface area contributed by atoms with Crippen molar-refractivity contribution < 1.29 is 42.1 Å². The molecule has 0 radical (unpaired) electrons. The van der Waals surface area contributed by atoms with Crippen LogP contribution in [-0.4, -0.2) is 70.0 Å². The van der Waals surface area contributed by atoms with Crippen molar-refractivity contribution in [2.24, 2.45) is 0 Å². The van der Waals surface area contributed by atoms with E-state index in [1.807, 2.05) is 21.1 Å². The Balaban J connectivity index is 4.22. The smallest absolute Gasteiger partial charge is 0.306 e. The van der Waals surface area contributed by atoms with E-state index in [0.717, 1.165) is 32.1 Å². The van der Waals surface area contributed by atoms with Crippen molar-refractivity contribution in [1.29, 1.82) is 0 Å². The van der Waals surface area contributed by atoms with Gasteiger partial charge in [0.05, 0.1) is 27.7 Å². The molecule has 0 N–H and O–H groups in total. The lowest BCUT2D eigenvalue weighted by Crippen LogP contribution is -2.37. The Kier molecular flexibility index (Phi) is 39.7. The first-order valence-electron chi connectivity index (χ1n) is 24.2. The van der Waals surface area contributed by atoms with E-state index in [1.165, 1.54) is 173 Å².